The average Bonchev–Trinajstić information content (AvgIpc) is 2.16. The maximum atomic E-state index is 2.25. The number of hydrogen-bond donors (Lipinski definition) is 0. The van der Waals surface area contributed by atoms with Crippen molar-refractivity contribution in [3.05, 3.63) is 36.5 Å². The minimum absolute atomic E-state index is 1.16. The van der Waals surface area contributed by atoms with Crippen molar-refractivity contribution in [2.24, 2.45) is 0 Å². The molecule has 0 aromatic heterocycles. The minimum atomic E-state index is 1.16. The summed E-state index contributed by atoms with van der Waals surface area (Å²) in [6.07, 6.45) is 19.2. The van der Waals surface area contributed by atoms with Gasteiger partial charge in [0.15, 0.2) is 0 Å². The number of hydrogen-bond acceptors (Lipinski definition) is 0. The van der Waals surface area contributed by atoms with E-state index in [0.29, 0.717) is 0 Å². The van der Waals surface area contributed by atoms with Crippen LogP contribution >= 0.6 is 0 Å². The van der Waals surface area contributed by atoms with E-state index >= 15 is 0 Å². The fraction of sp³-hybridized carbons (Fsp3) is 0.538. The summed E-state index contributed by atoms with van der Waals surface area (Å²) in [5.74, 6) is 0. The lowest BCUT2D eigenvalue weighted by Gasteiger charge is -1.86. The molecule has 0 aliphatic carbocycles. The monoisotopic (exact) mass is 178 g/mol. The van der Waals surface area contributed by atoms with Gasteiger partial charge in [0, 0.05) is 0 Å². The summed E-state index contributed by atoms with van der Waals surface area (Å²) in [5.41, 5.74) is 0. The van der Waals surface area contributed by atoms with Crippen LogP contribution in [0.3, 0.4) is 0 Å². The molecule has 0 nitrogen and oxygen atoms in total. The van der Waals surface area contributed by atoms with Crippen molar-refractivity contribution in [2.45, 2.75) is 46.0 Å². The first-order valence-corrected chi connectivity index (χ1v) is 5.34. The van der Waals surface area contributed by atoms with Crippen molar-refractivity contribution in [1.82, 2.24) is 0 Å². The van der Waals surface area contributed by atoms with Gasteiger partial charge in [-0.1, -0.05) is 56.2 Å². The van der Waals surface area contributed by atoms with Gasteiger partial charge in [-0.2, -0.15) is 0 Å². The van der Waals surface area contributed by atoms with Crippen LogP contribution < -0.4 is 0 Å². The van der Waals surface area contributed by atoms with Gasteiger partial charge in [0.1, 0.15) is 0 Å². The molecule has 0 saturated carbocycles. The van der Waals surface area contributed by atoms with Gasteiger partial charge in [-0.3, -0.25) is 0 Å². The second-order valence-electron chi connectivity index (χ2n) is 3.14. The summed E-state index contributed by atoms with van der Waals surface area (Å²) in [6.45, 7) is 4.29. The van der Waals surface area contributed by atoms with Crippen molar-refractivity contribution in [3.8, 4) is 0 Å². The molecule has 0 aromatic carbocycles. The molecule has 0 aliphatic heterocycles. The molecule has 0 heterocycles. The first-order chi connectivity index (χ1) is 6.41. The molecule has 0 fully saturated rings. The highest BCUT2D eigenvalue weighted by Crippen LogP contribution is 1.96. The van der Waals surface area contributed by atoms with Crippen LogP contribution in [0.4, 0.5) is 0 Å². The van der Waals surface area contributed by atoms with E-state index in [4.69, 9.17) is 0 Å². The van der Waals surface area contributed by atoms with Gasteiger partial charge in [0.25, 0.3) is 0 Å². The lowest BCUT2D eigenvalue weighted by molar-refractivity contribution is 0.815. The van der Waals surface area contributed by atoms with E-state index in [9.17, 15) is 0 Å². The van der Waals surface area contributed by atoms with Crippen LogP contribution in [-0.4, -0.2) is 0 Å². The van der Waals surface area contributed by atoms with Crippen LogP contribution in [0.2, 0.25) is 0 Å². The molecule has 0 radical (unpaired) electrons. The molecule has 0 aromatic rings. The Labute approximate surface area is 83.0 Å². The lowest BCUT2D eigenvalue weighted by atomic mass is 10.2. The molecule has 0 aliphatic rings. The Morgan fingerprint density at radius 2 is 1.46 bits per heavy atom. The van der Waals surface area contributed by atoms with Crippen LogP contribution in [0.15, 0.2) is 36.5 Å². The predicted molar refractivity (Wildman–Crippen MR) is 61.9 cm³/mol. The summed E-state index contributed by atoms with van der Waals surface area (Å²) in [4.78, 5) is 0. The topological polar surface area (TPSA) is 0 Å². The normalized spacial score (nSPS) is 12.5. The van der Waals surface area contributed by atoms with Crippen LogP contribution in [0.1, 0.15) is 46.0 Å². The van der Waals surface area contributed by atoms with Crippen molar-refractivity contribution in [3.63, 3.8) is 0 Å². The summed E-state index contributed by atoms with van der Waals surface area (Å²) in [7, 11) is 0. The zero-order valence-corrected chi connectivity index (χ0v) is 9.00. The third kappa shape index (κ3) is 11.2. The van der Waals surface area contributed by atoms with E-state index in [2.05, 4.69) is 50.3 Å². The average molecular weight is 178 g/mol. The molecule has 0 N–H and O–H groups in total. The highest BCUT2D eigenvalue weighted by Gasteiger charge is 1.76. The maximum absolute atomic E-state index is 2.25. The van der Waals surface area contributed by atoms with E-state index in [1.807, 2.05) is 0 Å². The number of allylic oxidation sites excluding steroid dienone is 6. The van der Waals surface area contributed by atoms with Gasteiger partial charge >= 0.3 is 0 Å². The molecule has 0 bridgehead atoms. The van der Waals surface area contributed by atoms with Crippen molar-refractivity contribution in [2.75, 3.05) is 0 Å². The van der Waals surface area contributed by atoms with E-state index in [1.165, 1.54) is 19.3 Å². The second kappa shape index (κ2) is 11.2. The second-order valence-corrected chi connectivity index (χ2v) is 3.14. The van der Waals surface area contributed by atoms with Crippen molar-refractivity contribution in [1.29, 1.82) is 0 Å². The molecular formula is C13H22. The fourth-order valence-corrected chi connectivity index (χ4v) is 1.03. The zero-order chi connectivity index (χ0) is 9.78. The Bertz CT molecular complexity index is 161. The van der Waals surface area contributed by atoms with Gasteiger partial charge in [-0.25, -0.2) is 0 Å². The summed E-state index contributed by atoms with van der Waals surface area (Å²) in [6, 6.07) is 0. The third-order valence-corrected chi connectivity index (χ3v) is 1.84. The molecule has 0 spiro atoms. The Hall–Kier alpha value is -0.780. The smallest absolute Gasteiger partial charge is 0.0313 e. The Morgan fingerprint density at radius 1 is 0.846 bits per heavy atom. The summed E-state index contributed by atoms with van der Waals surface area (Å²) < 4.78 is 0. The molecule has 0 atom stereocenters. The quantitative estimate of drug-likeness (QED) is 0.302. The third-order valence-electron chi connectivity index (χ3n) is 1.84. The zero-order valence-electron chi connectivity index (χ0n) is 9.00. The minimum Gasteiger partial charge on any atom is -0.0917 e. The Morgan fingerprint density at radius 3 is 2.08 bits per heavy atom. The molecule has 13 heavy (non-hydrogen) atoms. The molecule has 0 amide bonds. The van der Waals surface area contributed by atoms with E-state index in [0.717, 1.165) is 12.8 Å². The fourth-order valence-electron chi connectivity index (χ4n) is 1.03. The molecule has 0 unspecified atom stereocenters. The highest BCUT2D eigenvalue weighted by atomic mass is 13.8. The van der Waals surface area contributed by atoms with Gasteiger partial charge in [0.2, 0.25) is 0 Å². The van der Waals surface area contributed by atoms with Crippen LogP contribution in [0.25, 0.3) is 0 Å². The molecular weight excluding hydrogens is 156 g/mol. The lowest BCUT2D eigenvalue weighted by Crippen LogP contribution is -1.66. The van der Waals surface area contributed by atoms with Gasteiger partial charge < -0.3 is 0 Å². The van der Waals surface area contributed by atoms with Crippen LogP contribution in [0, 0.1) is 0 Å². The molecule has 0 heteroatoms. The Balaban J connectivity index is 3.24. The number of rotatable bonds is 7. The van der Waals surface area contributed by atoms with Crippen molar-refractivity contribution >= 4 is 0 Å². The first kappa shape index (κ1) is 12.2. The summed E-state index contributed by atoms with van der Waals surface area (Å²) >= 11 is 0. The SMILES string of the molecule is CC=CCCC=CC=CCCCC. The van der Waals surface area contributed by atoms with E-state index < -0.39 is 0 Å². The van der Waals surface area contributed by atoms with Crippen molar-refractivity contribution < 1.29 is 0 Å². The standard InChI is InChI=1S/C13H22/c1-3-5-7-9-11-13-12-10-8-6-4-2/h3,5,10-13H,4,6-9H2,1-2H3. The molecule has 0 rings (SSSR count). The van der Waals surface area contributed by atoms with E-state index in [1.54, 1.807) is 0 Å². The maximum Gasteiger partial charge on any atom is -0.0313 e. The van der Waals surface area contributed by atoms with Crippen LogP contribution in [-0.2, 0) is 0 Å². The first-order valence-electron chi connectivity index (χ1n) is 5.34. The molecule has 74 valence electrons. The van der Waals surface area contributed by atoms with Gasteiger partial charge in [-0.05, 0) is 26.2 Å². The number of unbranched alkanes of at least 4 members (excludes halogenated alkanes) is 3. The van der Waals surface area contributed by atoms with E-state index in [-0.39, 0.29) is 0 Å². The largest absolute Gasteiger partial charge is 0.0917 e. The Kier molecular flexibility index (Phi) is 10.5. The van der Waals surface area contributed by atoms with Crippen LogP contribution in [0.5, 0.6) is 0 Å². The summed E-state index contributed by atoms with van der Waals surface area (Å²) in [5, 5.41) is 0. The predicted octanol–water partition coefficient (Wildman–Crippen LogP) is 4.65. The molecule has 0 saturated heterocycles. The van der Waals surface area contributed by atoms with Gasteiger partial charge in [-0.15, -0.1) is 0 Å². The van der Waals surface area contributed by atoms with Gasteiger partial charge in [0.05, 0.1) is 0 Å². The highest BCUT2D eigenvalue weighted by molar-refractivity contribution is 5.02.